The minimum absolute atomic E-state index is 0.297. The van der Waals surface area contributed by atoms with E-state index >= 15 is 0 Å². The van der Waals surface area contributed by atoms with E-state index in [0.717, 1.165) is 23.7 Å². The maximum absolute atomic E-state index is 6.13. The summed E-state index contributed by atoms with van der Waals surface area (Å²) in [5.41, 5.74) is 5.46. The third kappa shape index (κ3) is 2.09. The maximum Gasteiger partial charge on any atom is 0.242 e. The molecule has 0 amide bonds. The number of nitrogens with zero attached hydrogens (tertiary/aromatic N) is 2. The first-order valence-electron chi connectivity index (χ1n) is 7.44. The second kappa shape index (κ2) is 4.56. The van der Waals surface area contributed by atoms with Crippen LogP contribution in [0.25, 0.3) is 0 Å². The van der Waals surface area contributed by atoms with Crippen molar-refractivity contribution in [1.29, 1.82) is 0 Å². The van der Waals surface area contributed by atoms with Crippen molar-refractivity contribution in [1.82, 2.24) is 10.2 Å². The molecule has 2 N–H and O–H groups in total. The molecule has 104 valence electrons. The Morgan fingerprint density at radius 1 is 1.00 bits per heavy atom. The van der Waals surface area contributed by atoms with E-state index in [2.05, 4.69) is 10.2 Å². The molecular weight excluding hydrogens is 242 g/mol. The van der Waals surface area contributed by atoms with E-state index in [1.165, 1.54) is 32.1 Å². The molecule has 4 fully saturated rings. The Kier molecular flexibility index (Phi) is 2.84. The predicted octanol–water partition coefficient (Wildman–Crippen LogP) is 1.87. The smallest absolute Gasteiger partial charge is 0.242 e. The highest BCUT2D eigenvalue weighted by Gasteiger charge is 2.48. The van der Waals surface area contributed by atoms with Crippen molar-refractivity contribution >= 4 is 0 Å². The summed E-state index contributed by atoms with van der Waals surface area (Å²) in [5.74, 6) is 4.56. The lowest BCUT2D eigenvalue weighted by atomic mass is 9.55. The fourth-order valence-corrected chi connectivity index (χ4v) is 4.74. The monoisotopic (exact) mass is 263 g/mol. The Morgan fingerprint density at radius 3 is 2.21 bits per heavy atom. The first-order chi connectivity index (χ1) is 9.31. The summed E-state index contributed by atoms with van der Waals surface area (Å²) in [4.78, 5) is 0. The minimum Gasteiger partial charge on any atom is -0.421 e. The van der Waals surface area contributed by atoms with E-state index in [9.17, 15) is 0 Å². The molecule has 0 radical (unpaired) electrons. The third-order valence-corrected chi connectivity index (χ3v) is 5.22. The summed E-state index contributed by atoms with van der Waals surface area (Å²) >= 11 is 0. The Balaban J connectivity index is 1.40. The molecular formula is C14H21N3O2. The van der Waals surface area contributed by atoms with Crippen molar-refractivity contribution in [3.8, 4) is 0 Å². The van der Waals surface area contributed by atoms with E-state index in [1.54, 1.807) is 0 Å². The van der Waals surface area contributed by atoms with Gasteiger partial charge in [0.25, 0.3) is 0 Å². The van der Waals surface area contributed by atoms with Gasteiger partial charge in [0, 0.05) is 0 Å². The first kappa shape index (κ1) is 11.9. The van der Waals surface area contributed by atoms with E-state index in [-0.39, 0.29) is 0 Å². The lowest BCUT2D eigenvalue weighted by Crippen LogP contribution is -2.49. The lowest BCUT2D eigenvalue weighted by molar-refractivity contribution is -0.135. The maximum atomic E-state index is 6.13. The van der Waals surface area contributed by atoms with Crippen LogP contribution in [0.4, 0.5) is 0 Å². The highest BCUT2D eigenvalue weighted by Crippen LogP contribution is 2.54. The molecule has 5 rings (SSSR count). The van der Waals surface area contributed by atoms with Crippen LogP contribution < -0.4 is 5.73 Å². The molecule has 4 aliphatic carbocycles. The summed E-state index contributed by atoms with van der Waals surface area (Å²) in [6.07, 6.45) is 7.38. The average Bonchev–Trinajstić information content (AvgIpc) is 2.85. The zero-order valence-electron chi connectivity index (χ0n) is 11.1. The fourth-order valence-electron chi connectivity index (χ4n) is 4.74. The molecule has 0 spiro atoms. The standard InChI is InChI=1S/C14H21N3O2/c15-6-12-16-17-13(19-12)7-18-14-10-2-8-1-9(4-10)5-11(14)3-8/h8-11,14H,1-7,15H2. The second-order valence-electron chi connectivity index (χ2n) is 6.50. The molecule has 19 heavy (non-hydrogen) atoms. The van der Waals surface area contributed by atoms with Gasteiger partial charge >= 0.3 is 0 Å². The summed E-state index contributed by atoms with van der Waals surface area (Å²) in [5, 5.41) is 7.84. The van der Waals surface area contributed by atoms with Crippen molar-refractivity contribution in [3.05, 3.63) is 11.8 Å². The van der Waals surface area contributed by atoms with E-state index in [4.69, 9.17) is 14.9 Å². The Morgan fingerprint density at radius 2 is 1.63 bits per heavy atom. The van der Waals surface area contributed by atoms with Gasteiger partial charge in [-0.25, -0.2) is 0 Å². The van der Waals surface area contributed by atoms with Crippen LogP contribution in [-0.2, 0) is 17.9 Å². The largest absolute Gasteiger partial charge is 0.421 e. The van der Waals surface area contributed by atoms with E-state index in [0.29, 0.717) is 31.0 Å². The number of ether oxygens (including phenoxy) is 1. The van der Waals surface area contributed by atoms with Gasteiger partial charge in [-0.1, -0.05) is 0 Å². The van der Waals surface area contributed by atoms with Crippen LogP contribution in [0, 0.1) is 23.7 Å². The molecule has 5 heteroatoms. The first-order valence-corrected chi connectivity index (χ1v) is 7.44. The summed E-state index contributed by atoms with van der Waals surface area (Å²) < 4.78 is 11.5. The molecule has 0 unspecified atom stereocenters. The predicted molar refractivity (Wildman–Crippen MR) is 67.8 cm³/mol. The van der Waals surface area contributed by atoms with Gasteiger partial charge in [0.1, 0.15) is 6.61 Å². The molecule has 4 saturated carbocycles. The van der Waals surface area contributed by atoms with Crippen LogP contribution in [0.5, 0.6) is 0 Å². The number of nitrogens with two attached hydrogens (primary N) is 1. The van der Waals surface area contributed by atoms with Gasteiger partial charge in [-0.15, -0.1) is 10.2 Å². The SMILES string of the molecule is NCc1nnc(COC2C3CC4CC(C3)CC2C4)o1. The van der Waals surface area contributed by atoms with Crippen molar-refractivity contribution < 1.29 is 9.15 Å². The van der Waals surface area contributed by atoms with Gasteiger partial charge in [-0.3, -0.25) is 0 Å². The lowest BCUT2D eigenvalue weighted by Gasteiger charge is -2.53. The average molecular weight is 263 g/mol. The molecule has 0 atom stereocenters. The zero-order valence-corrected chi connectivity index (χ0v) is 11.1. The summed E-state index contributed by atoms with van der Waals surface area (Å²) in [7, 11) is 0. The number of hydrogen-bond donors (Lipinski definition) is 1. The Labute approximate surface area is 112 Å². The topological polar surface area (TPSA) is 74.2 Å². The van der Waals surface area contributed by atoms with E-state index < -0.39 is 0 Å². The number of aromatic nitrogens is 2. The summed E-state index contributed by atoms with van der Waals surface area (Å²) in [6, 6.07) is 0. The molecule has 4 bridgehead atoms. The molecule has 1 aromatic rings. The third-order valence-electron chi connectivity index (χ3n) is 5.22. The number of hydrogen-bond acceptors (Lipinski definition) is 5. The van der Waals surface area contributed by atoms with Crippen LogP contribution in [-0.4, -0.2) is 16.3 Å². The van der Waals surface area contributed by atoms with Crippen LogP contribution in [0.3, 0.4) is 0 Å². The molecule has 0 aliphatic heterocycles. The fraction of sp³-hybridized carbons (Fsp3) is 0.857. The molecule has 0 saturated heterocycles. The van der Waals surface area contributed by atoms with Crippen molar-refractivity contribution in [2.24, 2.45) is 29.4 Å². The van der Waals surface area contributed by atoms with Crippen LogP contribution in [0.15, 0.2) is 4.42 Å². The van der Waals surface area contributed by atoms with Gasteiger partial charge in [0.2, 0.25) is 11.8 Å². The molecule has 0 aromatic carbocycles. The molecule has 5 nitrogen and oxygen atoms in total. The highest BCUT2D eigenvalue weighted by atomic mass is 16.5. The zero-order chi connectivity index (χ0) is 12.8. The summed E-state index contributed by atoms with van der Waals surface area (Å²) in [6.45, 7) is 0.741. The molecule has 1 heterocycles. The van der Waals surface area contributed by atoms with Gasteiger partial charge < -0.3 is 14.9 Å². The second-order valence-corrected chi connectivity index (χ2v) is 6.50. The quantitative estimate of drug-likeness (QED) is 0.897. The van der Waals surface area contributed by atoms with Crippen molar-refractivity contribution in [2.75, 3.05) is 0 Å². The van der Waals surface area contributed by atoms with Crippen molar-refractivity contribution in [2.45, 2.75) is 51.4 Å². The van der Waals surface area contributed by atoms with Crippen LogP contribution >= 0.6 is 0 Å². The molecule has 1 aromatic heterocycles. The minimum atomic E-state index is 0.297. The highest BCUT2D eigenvalue weighted by molar-refractivity contribution is 4.99. The Hall–Kier alpha value is -0.940. The van der Waals surface area contributed by atoms with Gasteiger partial charge in [0.15, 0.2) is 0 Å². The number of rotatable bonds is 4. The van der Waals surface area contributed by atoms with Gasteiger partial charge in [0.05, 0.1) is 12.6 Å². The van der Waals surface area contributed by atoms with Crippen LogP contribution in [0.2, 0.25) is 0 Å². The normalized spacial score (nSPS) is 39.9. The van der Waals surface area contributed by atoms with Crippen LogP contribution in [0.1, 0.15) is 43.9 Å². The van der Waals surface area contributed by atoms with E-state index in [1.807, 2.05) is 0 Å². The van der Waals surface area contributed by atoms with Crippen molar-refractivity contribution in [3.63, 3.8) is 0 Å². The van der Waals surface area contributed by atoms with Gasteiger partial charge in [-0.05, 0) is 55.8 Å². The molecule has 4 aliphatic rings. The Bertz CT molecular complexity index is 431. The van der Waals surface area contributed by atoms with Gasteiger partial charge in [-0.2, -0.15) is 0 Å².